The fraction of sp³-hybridized carbons (Fsp3) is 0.286. The van der Waals surface area contributed by atoms with Gasteiger partial charge in [-0.15, -0.1) is 0 Å². The van der Waals surface area contributed by atoms with Crippen LogP contribution in [0, 0.1) is 5.95 Å². The largest absolute Gasteiger partial charge is 0.461 e. The van der Waals surface area contributed by atoms with Crippen molar-refractivity contribution in [3.63, 3.8) is 0 Å². The monoisotopic (exact) mass is 262 g/mol. The Labute approximate surface area is 110 Å². The number of hydrogen-bond donors (Lipinski definition) is 0. The summed E-state index contributed by atoms with van der Waals surface area (Å²) in [4.78, 5) is 15.3. The minimum Gasteiger partial charge on any atom is -0.461 e. The smallest absolute Gasteiger partial charge is 0.359 e. The Hall–Kier alpha value is -2.17. The van der Waals surface area contributed by atoms with Crippen molar-refractivity contribution in [3.8, 4) is 0 Å². The van der Waals surface area contributed by atoms with Gasteiger partial charge >= 0.3 is 5.97 Å². The molecule has 2 aromatic rings. The summed E-state index contributed by atoms with van der Waals surface area (Å²) < 4.78 is 20.0. The molecule has 0 aliphatic rings. The van der Waals surface area contributed by atoms with Gasteiger partial charge in [-0.05, 0) is 19.4 Å². The second kappa shape index (κ2) is 5.65. The summed E-state index contributed by atoms with van der Waals surface area (Å²) in [6, 6.07) is 9.32. The lowest BCUT2D eigenvalue weighted by Crippen LogP contribution is -2.16. The number of hydrogen-bond acceptors (Lipinski definition) is 3. The first-order valence-corrected chi connectivity index (χ1v) is 6.09. The van der Waals surface area contributed by atoms with E-state index in [2.05, 4.69) is 4.98 Å². The molecule has 1 atom stereocenters. The molecule has 1 aromatic carbocycles. The van der Waals surface area contributed by atoms with E-state index in [0.717, 1.165) is 5.56 Å². The van der Waals surface area contributed by atoms with Crippen molar-refractivity contribution in [2.24, 2.45) is 0 Å². The molecule has 100 valence electrons. The second-order valence-electron chi connectivity index (χ2n) is 4.10. The van der Waals surface area contributed by atoms with E-state index in [9.17, 15) is 9.18 Å². The van der Waals surface area contributed by atoms with E-state index in [1.165, 1.54) is 10.9 Å². The number of benzene rings is 1. The Morgan fingerprint density at radius 1 is 1.42 bits per heavy atom. The quantitative estimate of drug-likeness (QED) is 0.796. The summed E-state index contributed by atoms with van der Waals surface area (Å²) in [5.41, 5.74) is 0.823. The van der Waals surface area contributed by atoms with Crippen LogP contribution in [0.1, 0.15) is 35.9 Å². The maximum Gasteiger partial charge on any atom is 0.359 e. The third kappa shape index (κ3) is 2.65. The summed E-state index contributed by atoms with van der Waals surface area (Å²) >= 11 is 0. The molecule has 1 heterocycles. The van der Waals surface area contributed by atoms with Crippen LogP contribution in [-0.4, -0.2) is 22.1 Å². The molecular formula is C14H15FN2O2. The molecule has 5 heteroatoms. The van der Waals surface area contributed by atoms with Gasteiger partial charge in [0.2, 0.25) is 5.95 Å². The third-order valence-electron chi connectivity index (χ3n) is 2.92. The fourth-order valence-corrected chi connectivity index (χ4v) is 1.91. The molecule has 0 saturated heterocycles. The van der Waals surface area contributed by atoms with Crippen LogP contribution in [-0.2, 0) is 4.74 Å². The van der Waals surface area contributed by atoms with Crippen LogP contribution >= 0.6 is 0 Å². The molecule has 2 rings (SSSR count). The van der Waals surface area contributed by atoms with E-state index < -0.39 is 11.9 Å². The van der Waals surface area contributed by atoms with Gasteiger partial charge in [-0.3, -0.25) is 0 Å². The lowest BCUT2D eigenvalue weighted by Gasteiger charge is -2.16. The molecule has 0 aliphatic heterocycles. The minimum atomic E-state index is -0.804. The number of ether oxygens (including phenoxy) is 1. The molecule has 0 bridgehead atoms. The number of halogens is 1. The molecule has 0 spiro atoms. The number of carbonyl (C=O) groups is 1. The van der Waals surface area contributed by atoms with E-state index in [0.29, 0.717) is 0 Å². The number of imidazole rings is 1. The Morgan fingerprint density at radius 2 is 2.11 bits per heavy atom. The van der Waals surface area contributed by atoms with Gasteiger partial charge in [0, 0.05) is 0 Å². The van der Waals surface area contributed by atoms with Gasteiger partial charge in [-0.2, -0.15) is 4.39 Å². The summed E-state index contributed by atoms with van der Waals surface area (Å²) in [6.07, 6.45) is 1.32. The van der Waals surface area contributed by atoms with Crippen molar-refractivity contribution < 1.29 is 13.9 Å². The Kier molecular flexibility index (Phi) is 3.94. The molecule has 0 radical (unpaired) electrons. The first kappa shape index (κ1) is 13.3. The highest BCUT2D eigenvalue weighted by Gasteiger charge is 2.23. The third-order valence-corrected chi connectivity index (χ3v) is 2.92. The van der Waals surface area contributed by atoms with Crippen LogP contribution in [0.5, 0.6) is 0 Å². The average molecular weight is 262 g/mol. The first-order chi connectivity index (χ1) is 9.15. The second-order valence-corrected chi connectivity index (χ2v) is 4.10. The van der Waals surface area contributed by atoms with Crippen LogP contribution in [0.4, 0.5) is 4.39 Å². The maximum atomic E-state index is 13.6. The maximum absolute atomic E-state index is 13.6. The van der Waals surface area contributed by atoms with E-state index >= 15 is 0 Å². The van der Waals surface area contributed by atoms with Crippen LogP contribution < -0.4 is 0 Å². The Balaban J connectivity index is 2.38. The lowest BCUT2D eigenvalue weighted by atomic mass is 10.1. The van der Waals surface area contributed by atoms with Crippen molar-refractivity contribution in [3.05, 3.63) is 53.9 Å². The van der Waals surface area contributed by atoms with Crippen molar-refractivity contribution in [2.45, 2.75) is 19.9 Å². The molecule has 0 amide bonds. The molecule has 0 saturated carbocycles. The number of carbonyl (C=O) groups excluding carboxylic acids is 1. The standard InChI is InChI=1S/C14H15FN2O2/c1-3-19-14(18)12-13(15)16-9-17(12)10(2)11-7-5-4-6-8-11/h4-10H,3H2,1-2H3. The topological polar surface area (TPSA) is 44.1 Å². The van der Waals surface area contributed by atoms with Crippen LogP contribution in [0.15, 0.2) is 36.7 Å². The van der Waals surface area contributed by atoms with Gasteiger partial charge in [0.1, 0.15) is 0 Å². The van der Waals surface area contributed by atoms with Crippen molar-refractivity contribution in [2.75, 3.05) is 6.61 Å². The zero-order chi connectivity index (χ0) is 13.8. The predicted octanol–water partition coefficient (Wildman–Crippen LogP) is 2.81. The molecule has 0 aliphatic carbocycles. The van der Waals surface area contributed by atoms with Crippen LogP contribution in [0.3, 0.4) is 0 Å². The number of rotatable bonds is 4. The highest BCUT2D eigenvalue weighted by atomic mass is 19.1. The van der Waals surface area contributed by atoms with Crippen LogP contribution in [0.25, 0.3) is 0 Å². The minimum absolute atomic E-state index is 0.141. The molecular weight excluding hydrogens is 247 g/mol. The van der Waals surface area contributed by atoms with Gasteiger partial charge in [-0.1, -0.05) is 30.3 Å². The highest BCUT2D eigenvalue weighted by Crippen LogP contribution is 2.21. The van der Waals surface area contributed by atoms with E-state index in [-0.39, 0.29) is 18.3 Å². The number of esters is 1. The average Bonchev–Trinajstić information content (AvgIpc) is 2.81. The summed E-state index contributed by atoms with van der Waals surface area (Å²) in [5.74, 6) is -1.50. The summed E-state index contributed by atoms with van der Waals surface area (Å²) in [6.45, 7) is 3.75. The molecule has 19 heavy (non-hydrogen) atoms. The van der Waals surface area contributed by atoms with Gasteiger partial charge in [0.25, 0.3) is 0 Å². The highest BCUT2D eigenvalue weighted by molar-refractivity contribution is 5.87. The van der Waals surface area contributed by atoms with Crippen molar-refractivity contribution in [1.82, 2.24) is 9.55 Å². The van der Waals surface area contributed by atoms with Crippen LogP contribution in [0.2, 0.25) is 0 Å². The zero-order valence-electron chi connectivity index (χ0n) is 10.8. The van der Waals surface area contributed by atoms with Gasteiger partial charge in [0.15, 0.2) is 5.69 Å². The van der Waals surface area contributed by atoms with E-state index in [4.69, 9.17) is 4.74 Å². The van der Waals surface area contributed by atoms with Gasteiger partial charge < -0.3 is 9.30 Å². The molecule has 4 nitrogen and oxygen atoms in total. The first-order valence-electron chi connectivity index (χ1n) is 6.09. The van der Waals surface area contributed by atoms with Gasteiger partial charge in [0.05, 0.1) is 19.0 Å². The molecule has 0 N–H and O–H groups in total. The Morgan fingerprint density at radius 3 is 2.74 bits per heavy atom. The van der Waals surface area contributed by atoms with Crippen molar-refractivity contribution >= 4 is 5.97 Å². The van der Waals surface area contributed by atoms with E-state index in [1.54, 1.807) is 6.92 Å². The number of aromatic nitrogens is 2. The van der Waals surface area contributed by atoms with E-state index in [1.807, 2.05) is 37.3 Å². The molecule has 0 fully saturated rings. The predicted molar refractivity (Wildman–Crippen MR) is 68.4 cm³/mol. The number of nitrogens with zero attached hydrogens (tertiary/aromatic N) is 2. The van der Waals surface area contributed by atoms with Gasteiger partial charge in [-0.25, -0.2) is 9.78 Å². The molecule has 1 aromatic heterocycles. The van der Waals surface area contributed by atoms with Crippen molar-refractivity contribution in [1.29, 1.82) is 0 Å². The summed E-state index contributed by atoms with van der Waals surface area (Å²) in [7, 11) is 0. The normalized spacial score (nSPS) is 12.2. The summed E-state index contributed by atoms with van der Waals surface area (Å²) in [5, 5.41) is 0. The lowest BCUT2D eigenvalue weighted by molar-refractivity contribution is 0.0506. The SMILES string of the molecule is CCOC(=O)c1c(F)ncn1C(C)c1ccccc1. The molecule has 1 unspecified atom stereocenters. The Bertz CT molecular complexity index is 566. The zero-order valence-corrected chi connectivity index (χ0v) is 10.8. The fourth-order valence-electron chi connectivity index (χ4n) is 1.91.